The zero-order valence-corrected chi connectivity index (χ0v) is 11.9. The van der Waals surface area contributed by atoms with Crippen molar-refractivity contribution in [2.24, 2.45) is 5.73 Å². The lowest BCUT2D eigenvalue weighted by Gasteiger charge is -2.10. The molecule has 0 aliphatic heterocycles. The lowest BCUT2D eigenvalue weighted by atomic mass is 10.2. The summed E-state index contributed by atoms with van der Waals surface area (Å²) in [5.41, 5.74) is 5.96. The van der Waals surface area contributed by atoms with Crippen molar-refractivity contribution in [3.05, 3.63) is 53.8 Å². The van der Waals surface area contributed by atoms with Gasteiger partial charge in [0.05, 0.1) is 5.56 Å². The molecule has 0 unspecified atom stereocenters. The minimum absolute atomic E-state index is 0.107. The van der Waals surface area contributed by atoms with Crippen LogP contribution in [0, 0.1) is 5.82 Å². The molecule has 5 heteroatoms. The van der Waals surface area contributed by atoms with Crippen LogP contribution in [0.4, 0.5) is 4.39 Å². The number of thiocarbonyl (C=S) groups is 1. The van der Waals surface area contributed by atoms with Gasteiger partial charge in [0, 0.05) is 4.90 Å². The number of ether oxygens (including phenoxy) is 1. The predicted octanol–water partition coefficient (Wildman–Crippen LogP) is 3.97. The fourth-order valence-electron chi connectivity index (χ4n) is 1.55. The first-order valence-corrected chi connectivity index (χ1v) is 7.14. The third-order valence-corrected chi connectivity index (χ3v) is 3.46. The van der Waals surface area contributed by atoms with E-state index in [0.29, 0.717) is 17.1 Å². The highest BCUT2D eigenvalue weighted by molar-refractivity contribution is 7.98. The fourth-order valence-corrected chi connectivity index (χ4v) is 2.12. The van der Waals surface area contributed by atoms with Gasteiger partial charge in [-0.1, -0.05) is 12.2 Å². The van der Waals surface area contributed by atoms with Gasteiger partial charge < -0.3 is 10.5 Å². The maximum Gasteiger partial charge on any atom is 0.137 e. The third-order valence-electron chi connectivity index (χ3n) is 2.49. The van der Waals surface area contributed by atoms with E-state index in [9.17, 15) is 4.39 Å². The number of hydrogen-bond donors (Lipinski definition) is 1. The molecule has 98 valence electrons. The molecule has 2 nitrogen and oxygen atoms in total. The molecule has 0 aliphatic rings. The minimum atomic E-state index is -0.395. The molecule has 2 aromatic rings. The van der Waals surface area contributed by atoms with E-state index < -0.39 is 5.82 Å². The second kappa shape index (κ2) is 6.04. The van der Waals surface area contributed by atoms with Gasteiger partial charge >= 0.3 is 0 Å². The lowest BCUT2D eigenvalue weighted by molar-refractivity contribution is 0.479. The molecule has 0 fully saturated rings. The molecule has 2 aromatic carbocycles. The van der Waals surface area contributed by atoms with Crippen molar-refractivity contribution in [2.75, 3.05) is 6.26 Å². The van der Waals surface area contributed by atoms with Gasteiger partial charge in [-0.15, -0.1) is 11.8 Å². The molecular formula is C14H12FNOS2. The zero-order valence-electron chi connectivity index (χ0n) is 10.2. The van der Waals surface area contributed by atoms with Crippen LogP contribution in [0.3, 0.4) is 0 Å². The molecule has 0 saturated heterocycles. The van der Waals surface area contributed by atoms with Gasteiger partial charge in [0.25, 0.3) is 0 Å². The molecular weight excluding hydrogens is 281 g/mol. The topological polar surface area (TPSA) is 35.2 Å². The number of rotatable bonds is 4. The first-order chi connectivity index (χ1) is 9.10. The SMILES string of the molecule is CSc1ccc(Oc2ccc(F)cc2C(N)=S)cc1. The minimum Gasteiger partial charge on any atom is -0.457 e. The summed E-state index contributed by atoms with van der Waals surface area (Å²) in [6.45, 7) is 0. The van der Waals surface area contributed by atoms with Crippen molar-refractivity contribution in [2.45, 2.75) is 4.90 Å². The first kappa shape index (κ1) is 13.8. The van der Waals surface area contributed by atoms with E-state index >= 15 is 0 Å². The van der Waals surface area contributed by atoms with Gasteiger partial charge in [0.1, 0.15) is 22.3 Å². The number of nitrogens with two attached hydrogens (primary N) is 1. The van der Waals surface area contributed by atoms with E-state index in [0.717, 1.165) is 4.90 Å². The molecule has 0 aliphatic carbocycles. The predicted molar refractivity (Wildman–Crippen MR) is 80.6 cm³/mol. The van der Waals surface area contributed by atoms with Crippen LogP contribution >= 0.6 is 24.0 Å². The Morgan fingerprint density at radius 2 is 1.89 bits per heavy atom. The summed E-state index contributed by atoms with van der Waals surface area (Å²) in [6.07, 6.45) is 2.00. The quantitative estimate of drug-likeness (QED) is 0.683. The highest BCUT2D eigenvalue weighted by Crippen LogP contribution is 2.27. The van der Waals surface area contributed by atoms with Crippen LogP contribution in [0.2, 0.25) is 0 Å². The molecule has 0 bridgehead atoms. The van der Waals surface area contributed by atoms with Crippen molar-refractivity contribution in [3.63, 3.8) is 0 Å². The van der Waals surface area contributed by atoms with Crippen LogP contribution < -0.4 is 10.5 Å². The Kier molecular flexibility index (Phi) is 4.39. The summed E-state index contributed by atoms with van der Waals surface area (Å²) in [6, 6.07) is 11.7. The number of thioether (sulfide) groups is 1. The van der Waals surface area contributed by atoms with E-state index in [2.05, 4.69) is 0 Å². The maximum absolute atomic E-state index is 13.2. The summed E-state index contributed by atoms with van der Waals surface area (Å²) < 4.78 is 18.9. The Balaban J connectivity index is 2.29. The van der Waals surface area contributed by atoms with E-state index in [4.69, 9.17) is 22.7 Å². The van der Waals surface area contributed by atoms with Crippen molar-refractivity contribution < 1.29 is 9.13 Å². The van der Waals surface area contributed by atoms with Crippen LogP contribution in [0.5, 0.6) is 11.5 Å². The molecule has 2 N–H and O–H groups in total. The largest absolute Gasteiger partial charge is 0.457 e. The standard InChI is InChI=1S/C14H12FNOS2/c1-19-11-5-3-10(4-6-11)17-13-7-2-9(15)8-12(13)14(16)18/h2-8H,1H3,(H2,16,18). The van der Waals surface area contributed by atoms with Crippen LogP contribution in [-0.4, -0.2) is 11.2 Å². The summed E-state index contributed by atoms with van der Waals surface area (Å²) in [5.74, 6) is 0.709. The van der Waals surface area contributed by atoms with Gasteiger partial charge in [-0.05, 0) is 48.7 Å². The summed E-state index contributed by atoms with van der Waals surface area (Å²) >= 11 is 6.54. The van der Waals surface area contributed by atoms with E-state index in [-0.39, 0.29) is 4.99 Å². The Hall–Kier alpha value is -1.59. The van der Waals surface area contributed by atoms with Gasteiger partial charge in [0.2, 0.25) is 0 Å². The average molecular weight is 293 g/mol. The van der Waals surface area contributed by atoms with Crippen LogP contribution in [0.1, 0.15) is 5.56 Å². The summed E-state index contributed by atoms with van der Waals surface area (Å²) in [4.78, 5) is 1.25. The van der Waals surface area contributed by atoms with E-state index in [1.54, 1.807) is 11.8 Å². The smallest absolute Gasteiger partial charge is 0.137 e. The van der Waals surface area contributed by atoms with Crippen LogP contribution in [0.15, 0.2) is 47.4 Å². The Labute approximate surface area is 120 Å². The van der Waals surface area contributed by atoms with E-state index in [1.807, 2.05) is 30.5 Å². The molecule has 19 heavy (non-hydrogen) atoms. The molecule has 0 saturated carbocycles. The van der Waals surface area contributed by atoms with Crippen molar-refractivity contribution in [1.29, 1.82) is 0 Å². The molecule has 0 atom stereocenters. The summed E-state index contributed by atoms with van der Waals surface area (Å²) in [5, 5.41) is 0. The van der Waals surface area contributed by atoms with Gasteiger partial charge in [-0.2, -0.15) is 0 Å². The van der Waals surface area contributed by atoms with Gasteiger partial charge in [-0.25, -0.2) is 4.39 Å². The Morgan fingerprint density at radius 1 is 1.21 bits per heavy atom. The first-order valence-electron chi connectivity index (χ1n) is 5.51. The monoisotopic (exact) mass is 293 g/mol. The zero-order chi connectivity index (χ0) is 13.8. The number of halogens is 1. The molecule has 0 spiro atoms. The molecule has 0 heterocycles. The molecule has 0 amide bonds. The second-order valence-corrected chi connectivity index (χ2v) is 5.10. The van der Waals surface area contributed by atoms with Crippen molar-refractivity contribution >= 4 is 29.0 Å². The van der Waals surface area contributed by atoms with E-state index in [1.165, 1.54) is 18.2 Å². The average Bonchev–Trinajstić information content (AvgIpc) is 2.41. The van der Waals surface area contributed by atoms with Gasteiger partial charge in [-0.3, -0.25) is 0 Å². The third kappa shape index (κ3) is 3.45. The van der Waals surface area contributed by atoms with Gasteiger partial charge in [0.15, 0.2) is 0 Å². The molecule has 0 radical (unpaired) electrons. The molecule has 0 aromatic heterocycles. The summed E-state index contributed by atoms with van der Waals surface area (Å²) in [7, 11) is 0. The number of benzene rings is 2. The highest BCUT2D eigenvalue weighted by atomic mass is 32.2. The Morgan fingerprint density at radius 3 is 2.47 bits per heavy atom. The van der Waals surface area contributed by atoms with Crippen LogP contribution in [-0.2, 0) is 0 Å². The number of hydrogen-bond acceptors (Lipinski definition) is 3. The van der Waals surface area contributed by atoms with Crippen molar-refractivity contribution in [1.82, 2.24) is 0 Å². The molecule has 2 rings (SSSR count). The van der Waals surface area contributed by atoms with Crippen molar-refractivity contribution in [3.8, 4) is 11.5 Å². The highest BCUT2D eigenvalue weighted by Gasteiger charge is 2.09. The maximum atomic E-state index is 13.2. The second-order valence-electron chi connectivity index (χ2n) is 3.78. The lowest BCUT2D eigenvalue weighted by Crippen LogP contribution is -2.11. The normalized spacial score (nSPS) is 10.2. The van der Waals surface area contributed by atoms with Crippen LogP contribution in [0.25, 0.3) is 0 Å². The fraction of sp³-hybridized carbons (Fsp3) is 0.0714. The Bertz CT molecular complexity index is 599.